The lowest BCUT2D eigenvalue weighted by atomic mass is 10.0. The Balaban J connectivity index is 2.03. The summed E-state index contributed by atoms with van der Waals surface area (Å²) in [5, 5.41) is 9.27. The lowest BCUT2D eigenvalue weighted by molar-refractivity contribution is -0.144. The normalized spacial score (nSPS) is 19.8. The fraction of sp³-hybridized carbons (Fsp3) is 0.600. The zero-order chi connectivity index (χ0) is 14.5. The molecule has 5 heteroatoms. The van der Waals surface area contributed by atoms with Crippen LogP contribution in [-0.4, -0.2) is 47.1 Å². The maximum absolute atomic E-state index is 11.3. The van der Waals surface area contributed by atoms with Gasteiger partial charge in [0.25, 0.3) is 0 Å². The van der Waals surface area contributed by atoms with E-state index in [1.165, 1.54) is 0 Å². The van der Waals surface area contributed by atoms with E-state index in [2.05, 4.69) is 16.8 Å². The molecule has 1 aliphatic rings. The number of hydrogen-bond acceptors (Lipinski definition) is 4. The van der Waals surface area contributed by atoms with Crippen LogP contribution in [0.4, 0.5) is 5.82 Å². The van der Waals surface area contributed by atoms with Crippen molar-refractivity contribution < 1.29 is 9.90 Å². The van der Waals surface area contributed by atoms with Crippen molar-refractivity contribution in [3.63, 3.8) is 0 Å². The van der Waals surface area contributed by atoms with Crippen molar-refractivity contribution in [2.45, 2.75) is 38.8 Å². The summed E-state index contributed by atoms with van der Waals surface area (Å²) in [5.74, 6) is 0.240. The molecule has 20 heavy (non-hydrogen) atoms. The molecule has 1 fully saturated rings. The number of likely N-dealkylation sites (tertiary alicyclic amines) is 1. The second kappa shape index (κ2) is 6.70. The summed E-state index contributed by atoms with van der Waals surface area (Å²) in [6.07, 6.45) is 4.69. The molecule has 1 aromatic heterocycles. The molecule has 1 N–H and O–H groups in total. The Morgan fingerprint density at radius 1 is 1.50 bits per heavy atom. The number of carbonyl (C=O) groups is 1. The van der Waals surface area contributed by atoms with Gasteiger partial charge < -0.3 is 10.0 Å². The largest absolute Gasteiger partial charge is 0.480 e. The molecular formula is C15H23N3O2. The third-order valence-electron chi connectivity index (χ3n) is 3.96. The minimum atomic E-state index is -0.708. The third-order valence-corrected chi connectivity index (χ3v) is 3.96. The van der Waals surface area contributed by atoms with Crippen LogP contribution in [0.5, 0.6) is 0 Å². The number of carboxylic acids is 1. The highest BCUT2D eigenvalue weighted by atomic mass is 16.4. The third kappa shape index (κ3) is 3.48. The molecule has 1 aromatic rings. The van der Waals surface area contributed by atoms with E-state index in [4.69, 9.17) is 0 Å². The second-order valence-electron chi connectivity index (χ2n) is 5.36. The zero-order valence-electron chi connectivity index (χ0n) is 12.2. The summed E-state index contributed by atoms with van der Waals surface area (Å²) in [7, 11) is 2.01. The minimum Gasteiger partial charge on any atom is -0.480 e. The molecule has 0 aromatic carbocycles. The lowest BCUT2D eigenvalue weighted by Gasteiger charge is -2.32. The highest BCUT2D eigenvalue weighted by Gasteiger charge is 2.28. The number of aromatic nitrogens is 1. The molecule has 0 amide bonds. The van der Waals surface area contributed by atoms with Gasteiger partial charge in [0.2, 0.25) is 0 Å². The van der Waals surface area contributed by atoms with Crippen LogP contribution in [0.2, 0.25) is 0 Å². The summed E-state index contributed by atoms with van der Waals surface area (Å²) >= 11 is 0. The van der Waals surface area contributed by atoms with E-state index < -0.39 is 5.97 Å². The number of anilines is 1. The number of aliphatic carboxylic acids is 1. The zero-order valence-corrected chi connectivity index (χ0v) is 12.2. The van der Waals surface area contributed by atoms with Crippen molar-refractivity contribution >= 4 is 11.8 Å². The molecule has 1 aliphatic heterocycles. The van der Waals surface area contributed by atoms with E-state index in [1.807, 2.05) is 30.3 Å². The topological polar surface area (TPSA) is 56.7 Å². The van der Waals surface area contributed by atoms with Crippen LogP contribution in [0.15, 0.2) is 18.3 Å². The van der Waals surface area contributed by atoms with E-state index in [0.717, 1.165) is 43.7 Å². The molecule has 2 rings (SSSR count). The van der Waals surface area contributed by atoms with Gasteiger partial charge in [0.05, 0.1) is 0 Å². The predicted molar refractivity (Wildman–Crippen MR) is 78.9 cm³/mol. The first-order valence-electron chi connectivity index (χ1n) is 7.24. The van der Waals surface area contributed by atoms with Gasteiger partial charge in [-0.2, -0.15) is 0 Å². The maximum atomic E-state index is 11.3. The molecule has 5 nitrogen and oxygen atoms in total. The molecule has 2 heterocycles. The van der Waals surface area contributed by atoms with Gasteiger partial charge in [-0.05, 0) is 37.9 Å². The summed E-state index contributed by atoms with van der Waals surface area (Å²) in [4.78, 5) is 19.8. The van der Waals surface area contributed by atoms with Gasteiger partial charge in [-0.3, -0.25) is 9.69 Å². The molecule has 0 radical (unpaired) electrons. The lowest BCUT2D eigenvalue weighted by Crippen LogP contribution is -2.44. The van der Waals surface area contributed by atoms with Crippen LogP contribution < -0.4 is 4.90 Å². The van der Waals surface area contributed by atoms with Crippen LogP contribution in [0, 0.1) is 0 Å². The Kier molecular flexibility index (Phi) is 4.95. The summed E-state index contributed by atoms with van der Waals surface area (Å²) in [6, 6.07) is 3.70. The highest BCUT2D eigenvalue weighted by molar-refractivity contribution is 5.73. The van der Waals surface area contributed by atoms with Crippen molar-refractivity contribution in [1.29, 1.82) is 0 Å². The van der Waals surface area contributed by atoms with Gasteiger partial charge in [-0.15, -0.1) is 0 Å². The van der Waals surface area contributed by atoms with Crippen LogP contribution in [0.1, 0.15) is 31.7 Å². The fourth-order valence-corrected chi connectivity index (χ4v) is 2.59. The Labute approximate surface area is 120 Å². The van der Waals surface area contributed by atoms with Crippen LogP contribution >= 0.6 is 0 Å². The first-order valence-corrected chi connectivity index (χ1v) is 7.24. The average molecular weight is 277 g/mol. The highest BCUT2D eigenvalue weighted by Crippen LogP contribution is 2.20. The number of piperidine rings is 1. The Morgan fingerprint density at radius 3 is 2.90 bits per heavy atom. The van der Waals surface area contributed by atoms with E-state index in [1.54, 1.807) is 0 Å². The molecule has 0 bridgehead atoms. The van der Waals surface area contributed by atoms with Gasteiger partial charge in [0.15, 0.2) is 0 Å². The first kappa shape index (κ1) is 14.8. The van der Waals surface area contributed by atoms with Crippen molar-refractivity contribution in [1.82, 2.24) is 9.88 Å². The van der Waals surface area contributed by atoms with Crippen molar-refractivity contribution in [2.24, 2.45) is 0 Å². The van der Waals surface area contributed by atoms with Gasteiger partial charge in [0, 0.05) is 26.3 Å². The predicted octanol–water partition coefficient (Wildman–Crippen LogP) is 1.98. The molecule has 110 valence electrons. The maximum Gasteiger partial charge on any atom is 0.320 e. The summed E-state index contributed by atoms with van der Waals surface area (Å²) in [5.41, 5.74) is 1.08. The number of hydrogen-bond donors (Lipinski definition) is 1. The molecular weight excluding hydrogens is 254 g/mol. The number of rotatable bonds is 5. The van der Waals surface area contributed by atoms with E-state index in [-0.39, 0.29) is 6.04 Å². The van der Waals surface area contributed by atoms with Gasteiger partial charge >= 0.3 is 5.97 Å². The van der Waals surface area contributed by atoms with Gasteiger partial charge in [-0.1, -0.05) is 12.5 Å². The Bertz CT molecular complexity index is 447. The summed E-state index contributed by atoms with van der Waals surface area (Å²) < 4.78 is 0. The Morgan fingerprint density at radius 2 is 2.30 bits per heavy atom. The molecule has 1 atom stereocenters. The summed E-state index contributed by atoms with van der Waals surface area (Å²) in [6.45, 7) is 4.52. The van der Waals surface area contributed by atoms with Crippen molar-refractivity contribution in [3.05, 3.63) is 23.9 Å². The van der Waals surface area contributed by atoms with Crippen molar-refractivity contribution in [3.8, 4) is 0 Å². The second-order valence-corrected chi connectivity index (χ2v) is 5.36. The van der Waals surface area contributed by atoms with Crippen molar-refractivity contribution in [2.75, 3.05) is 25.0 Å². The smallest absolute Gasteiger partial charge is 0.320 e. The van der Waals surface area contributed by atoms with Crippen LogP contribution in [0.3, 0.4) is 0 Å². The Hall–Kier alpha value is -1.62. The van der Waals surface area contributed by atoms with Gasteiger partial charge in [-0.25, -0.2) is 4.98 Å². The number of pyridine rings is 1. The standard InChI is InChI=1S/C15H23N3O2/c1-3-17(2)14-8-7-12(10-16-14)11-18-9-5-4-6-13(18)15(19)20/h7-8,10,13H,3-6,9,11H2,1-2H3,(H,19,20). The van der Waals surface area contributed by atoms with Crippen LogP contribution in [-0.2, 0) is 11.3 Å². The monoisotopic (exact) mass is 277 g/mol. The minimum absolute atomic E-state index is 0.346. The SMILES string of the molecule is CCN(C)c1ccc(CN2CCCCC2C(=O)O)cn1. The van der Waals surface area contributed by atoms with Crippen LogP contribution in [0.25, 0.3) is 0 Å². The van der Waals surface area contributed by atoms with E-state index in [9.17, 15) is 9.90 Å². The first-order chi connectivity index (χ1) is 9.61. The van der Waals surface area contributed by atoms with Gasteiger partial charge in [0.1, 0.15) is 11.9 Å². The molecule has 0 spiro atoms. The molecule has 0 aliphatic carbocycles. The molecule has 0 saturated carbocycles. The van der Waals surface area contributed by atoms with E-state index in [0.29, 0.717) is 6.54 Å². The van der Waals surface area contributed by atoms with E-state index >= 15 is 0 Å². The number of nitrogens with zero attached hydrogens (tertiary/aromatic N) is 3. The average Bonchev–Trinajstić information content (AvgIpc) is 2.47. The number of carboxylic acid groups (broad SMARTS) is 1. The molecule has 1 unspecified atom stereocenters. The molecule has 1 saturated heterocycles. The fourth-order valence-electron chi connectivity index (χ4n) is 2.59. The quantitative estimate of drug-likeness (QED) is 0.892.